The highest BCUT2D eigenvalue weighted by Crippen LogP contribution is 2.14. The Labute approximate surface area is 112 Å². The monoisotopic (exact) mass is 259 g/mol. The van der Waals surface area contributed by atoms with Gasteiger partial charge in [-0.2, -0.15) is 11.8 Å². The van der Waals surface area contributed by atoms with Crippen molar-refractivity contribution < 1.29 is 0 Å². The molecule has 2 rings (SSSR count). The van der Waals surface area contributed by atoms with Crippen LogP contribution in [-0.4, -0.2) is 28.5 Å². The summed E-state index contributed by atoms with van der Waals surface area (Å²) in [7, 11) is 0. The third kappa shape index (κ3) is 3.74. The summed E-state index contributed by atoms with van der Waals surface area (Å²) in [5.74, 6) is 1.95. The van der Waals surface area contributed by atoms with Crippen molar-refractivity contribution in [3.05, 3.63) is 42.7 Å². The van der Waals surface area contributed by atoms with Gasteiger partial charge in [0, 0.05) is 12.1 Å². The van der Waals surface area contributed by atoms with Crippen LogP contribution in [0.25, 0.3) is 11.4 Å². The molecule has 0 unspecified atom stereocenters. The fraction of sp³-hybridized carbons (Fsp3) is 0.286. The summed E-state index contributed by atoms with van der Waals surface area (Å²) in [4.78, 5) is 8.74. The Morgan fingerprint density at radius 3 is 2.50 bits per heavy atom. The highest BCUT2D eigenvalue weighted by atomic mass is 32.2. The van der Waals surface area contributed by atoms with Gasteiger partial charge in [0.15, 0.2) is 5.82 Å². The molecule has 0 fully saturated rings. The van der Waals surface area contributed by atoms with Gasteiger partial charge < -0.3 is 5.32 Å². The van der Waals surface area contributed by atoms with Crippen molar-refractivity contribution in [3.8, 4) is 11.4 Å². The van der Waals surface area contributed by atoms with E-state index in [0.29, 0.717) is 0 Å². The van der Waals surface area contributed by atoms with Gasteiger partial charge in [-0.05, 0) is 18.4 Å². The van der Waals surface area contributed by atoms with E-state index in [4.69, 9.17) is 0 Å². The molecule has 0 spiro atoms. The molecule has 0 aliphatic rings. The van der Waals surface area contributed by atoms with Gasteiger partial charge in [0.2, 0.25) is 0 Å². The van der Waals surface area contributed by atoms with E-state index >= 15 is 0 Å². The van der Waals surface area contributed by atoms with Gasteiger partial charge in [-0.3, -0.25) is 0 Å². The molecule has 1 heterocycles. The normalized spacial score (nSPS) is 10.3. The lowest BCUT2D eigenvalue weighted by Crippen LogP contribution is -2.03. The first kappa shape index (κ1) is 12.9. The van der Waals surface area contributed by atoms with E-state index in [9.17, 15) is 0 Å². The Bertz CT molecular complexity index is 456. The minimum Gasteiger partial charge on any atom is -0.383 e. The Balaban J connectivity index is 1.94. The average molecular weight is 259 g/mol. The fourth-order valence-corrected chi connectivity index (χ4v) is 2.04. The molecule has 1 aromatic heterocycles. The van der Waals surface area contributed by atoms with E-state index in [2.05, 4.69) is 21.5 Å². The van der Waals surface area contributed by atoms with Gasteiger partial charge in [0.25, 0.3) is 0 Å². The molecule has 0 radical (unpaired) electrons. The molecule has 1 aromatic carbocycles. The minimum atomic E-state index is 0.769. The van der Waals surface area contributed by atoms with Crippen LogP contribution in [0.2, 0.25) is 0 Å². The number of thioether (sulfide) groups is 1. The molecule has 0 aliphatic heterocycles. The zero-order chi connectivity index (χ0) is 12.6. The molecular formula is C14H17N3S. The van der Waals surface area contributed by atoms with Crippen LogP contribution >= 0.6 is 11.8 Å². The van der Waals surface area contributed by atoms with Crippen LogP contribution in [-0.2, 0) is 0 Å². The van der Waals surface area contributed by atoms with Crippen LogP contribution in [0.1, 0.15) is 6.42 Å². The summed E-state index contributed by atoms with van der Waals surface area (Å²) < 4.78 is 0. The number of aromatic nitrogens is 2. The number of rotatable bonds is 6. The van der Waals surface area contributed by atoms with Crippen LogP contribution < -0.4 is 5.32 Å². The summed E-state index contributed by atoms with van der Waals surface area (Å²) in [6.07, 6.45) is 6.96. The molecule has 94 valence electrons. The van der Waals surface area contributed by atoms with Crippen molar-refractivity contribution in [2.24, 2.45) is 0 Å². The summed E-state index contributed by atoms with van der Waals surface area (Å²) in [5, 5.41) is 3.32. The third-order valence-electron chi connectivity index (χ3n) is 2.54. The molecule has 3 nitrogen and oxygen atoms in total. The topological polar surface area (TPSA) is 37.8 Å². The average Bonchev–Trinajstić information content (AvgIpc) is 2.45. The van der Waals surface area contributed by atoms with E-state index in [1.807, 2.05) is 54.5 Å². The number of benzene rings is 1. The molecule has 0 atom stereocenters. The van der Waals surface area contributed by atoms with E-state index in [0.717, 1.165) is 30.0 Å². The maximum Gasteiger partial charge on any atom is 0.159 e. The maximum atomic E-state index is 4.37. The van der Waals surface area contributed by atoms with Crippen molar-refractivity contribution >= 4 is 17.4 Å². The van der Waals surface area contributed by atoms with E-state index in [-0.39, 0.29) is 0 Å². The largest absolute Gasteiger partial charge is 0.383 e. The van der Waals surface area contributed by atoms with Crippen LogP contribution in [0.3, 0.4) is 0 Å². The summed E-state index contributed by atoms with van der Waals surface area (Å²) in [6.45, 7) is 0.967. The van der Waals surface area contributed by atoms with Crippen LogP contribution in [0.5, 0.6) is 0 Å². The SMILES string of the molecule is CSCCCNc1cnc(-c2ccccc2)nc1. The van der Waals surface area contributed by atoms with E-state index in [1.54, 1.807) is 0 Å². The van der Waals surface area contributed by atoms with Crippen LogP contribution in [0.4, 0.5) is 5.69 Å². The number of anilines is 1. The molecule has 18 heavy (non-hydrogen) atoms. The Morgan fingerprint density at radius 2 is 1.83 bits per heavy atom. The Morgan fingerprint density at radius 1 is 1.11 bits per heavy atom. The number of nitrogens with one attached hydrogen (secondary N) is 1. The summed E-state index contributed by atoms with van der Waals surface area (Å²) in [5.41, 5.74) is 2.03. The first-order valence-electron chi connectivity index (χ1n) is 6.00. The second kappa shape index (κ2) is 7.01. The molecule has 0 amide bonds. The Hall–Kier alpha value is -1.55. The number of hydrogen-bond donors (Lipinski definition) is 1. The van der Waals surface area contributed by atoms with E-state index < -0.39 is 0 Å². The third-order valence-corrected chi connectivity index (χ3v) is 3.24. The van der Waals surface area contributed by atoms with Crippen LogP contribution in [0, 0.1) is 0 Å². The molecule has 2 aromatic rings. The highest BCUT2D eigenvalue weighted by molar-refractivity contribution is 7.98. The van der Waals surface area contributed by atoms with Gasteiger partial charge in [0.05, 0.1) is 18.1 Å². The van der Waals surface area contributed by atoms with Crippen LogP contribution in [0.15, 0.2) is 42.7 Å². The molecule has 0 saturated heterocycles. The lowest BCUT2D eigenvalue weighted by Gasteiger charge is -2.05. The smallest absolute Gasteiger partial charge is 0.159 e. The number of hydrogen-bond acceptors (Lipinski definition) is 4. The van der Waals surface area contributed by atoms with Gasteiger partial charge in [-0.15, -0.1) is 0 Å². The standard InChI is InChI=1S/C14H17N3S/c1-18-9-5-8-15-13-10-16-14(17-11-13)12-6-3-2-4-7-12/h2-4,6-7,10-11,15H,5,8-9H2,1H3. The van der Waals surface area contributed by atoms with Crippen molar-refractivity contribution in [1.29, 1.82) is 0 Å². The molecule has 0 bridgehead atoms. The molecule has 4 heteroatoms. The predicted octanol–water partition coefficient (Wildman–Crippen LogP) is 3.31. The maximum absolute atomic E-state index is 4.37. The second-order valence-electron chi connectivity index (χ2n) is 3.93. The second-order valence-corrected chi connectivity index (χ2v) is 4.92. The molecule has 0 aliphatic carbocycles. The summed E-state index contributed by atoms with van der Waals surface area (Å²) >= 11 is 1.87. The van der Waals surface area contributed by atoms with Gasteiger partial charge in [-0.25, -0.2) is 9.97 Å². The van der Waals surface area contributed by atoms with Gasteiger partial charge in [0.1, 0.15) is 0 Å². The highest BCUT2D eigenvalue weighted by Gasteiger charge is 1.99. The van der Waals surface area contributed by atoms with Crippen molar-refractivity contribution in [2.45, 2.75) is 6.42 Å². The predicted molar refractivity (Wildman–Crippen MR) is 79.0 cm³/mol. The molecule has 0 saturated carbocycles. The summed E-state index contributed by atoms with van der Waals surface area (Å²) in [6, 6.07) is 10.0. The van der Waals surface area contributed by atoms with Crippen molar-refractivity contribution in [3.63, 3.8) is 0 Å². The Kier molecular flexibility index (Phi) is 5.02. The quantitative estimate of drug-likeness (QED) is 0.808. The van der Waals surface area contributed by atoms with Gasteiger partial charge in [-0.1, -0.05) is 30.3 Å². The van der Waals surface area contributed by atoms with E-state index in [1.165, 1.54) is 5.75 Å². The van der Waals surface area contributed by atoms with Crippen molar-refractivity contribution in [1.82, 2.24) is 9.97 Å². The first-order chi connectivity index (χ1) is 8.90. The lowest BCUT2D eigenvalue weighted by atomic mass is 10.2. The molecule has 1 N–H and O–H groups in total. The zero-order valence-electron chi connectivity index (χ0n) is 10.5. The van der Waals surface area contributed by atoms with Gasteiger partial charge >= 0.3 is 0 Å². The zero-order valence-corrected chi connectivity index (χ0v) is 11.3. The fourth-order valence-electron chi connectivity index (χ4n) is 1.60. The first-order valence-corrected chi connectivity index (χ1v) is 7.40. The lowest BCUT2D eigenvalue weighted by molar-refractivity contribution is 0.986. The number of nitrogens with zero attached hydrogens (tertiary/aromatic N) is 2. The minimum absolute atomic E-state index is 0.769. The molecular weight excluding hydrogens is 242 g/mol. The van der Waals surface area contributed by atoms with Crippen molar-refractivity contribution in [2.75, 3.05) is 23.9 Å².